The zero-order valence-corrected chi connectivity index (χ0v) is 12.9. The molecule has 0 N–H and O–H groups in total. The van der Waals surface area contributed by atoms with E-state index in [1.165, 1.54) is 45.6 Å². The van der Waals surface area contributed by atoms with Crippen LogP contribution in [0.5, 0.6) is 0 Å². The Labute approximate surface area is 113 Å². The Bertz CT molecular complexity index is 205. The van der Waals surface area contributed by atoms with Gasteiger partial charge >= 0.3 is 0 Å². The first-order chi connectivity index (χ1) is 8.51. The molecule has 1 aliphatic heterocycles. The van der Waals surface area contributed by atoms with Crippen molar-refractivity contribution in [1.29, 1.82) is 0 Å². The van der Waals surface area contributed by atoms with Crippen molar-refractivity contribution < 1.29 is 4.74 Å². The van der Waals surface area contributed by atoms with E-state index in [0.29, 0.717) is 5.41 Å². The molecule has 0 amide bonds. The first kappa shape index (κ1) is 15.9. The first-order valence-electron chi connectivity index (χ1n) is 7.54. The summed E-state index contributed by atoms with van der Waals surface area (Å²) >= 11 is 0. The molecule has 1 aliphatic rings. The second-order valence-electron chi connectivity index (χ2n) is 6.54. The van der Waals surface area contributed by atoms with Crippen LogP contribution in [-0.2, 0) is 4.74 Å². The Balaban J connectivity index is 2.04. The molecule has 1 fully saturated rings. The van der Waals surface area contributed by atoms with Gasteiger partial charge in [-0.3, -0.25) is 4.90 Å². The molecule has 0 aromatic rings. The highest BCUT2D eigenvalue weighted by molar-refractivity contribution is 4.72. The van der Waals surface area contributed by atoms with Gasteiger partial charge in [0.25, 0.3) is 0 Å². The normalized spacial score (nSPS) is 19.3. The Kier molecular flexibility index (Phi) is 7.20. The van der Waals surface area contributed by atoms with E-state index in [1.807, 2.05) is 0 Å². The summed E-state index contributed by atoms with van der Waals surface area (Å²) in [7, 11) is 0. The monoisotopic (exact) mass is 256 g/mol. The molecule has 0 unspecified atom stereocenters. The average molecular weight is 256 g/mol. The van der Waals surface area contributed by atoms with Gasteiger partial charge in [-0.15, -0.1) is 0 Å². The molecule has 18 heavy (non-hydrogen) atoms. The van der Waals surface area contributed by atoms with E-state index in [0.717, 1.165) is 19.8 Å². The lowest BCUT2D eigenvalue weighted by Crippen LogP contribution is -2.47. The van der Waals surface area contributed by atoms with Gasteiger partial charge in [0.15, 0.2) is 0 Å². The first-order valence-corrected chi connectivity index (χ1v) is 7.54. The van der Waals surface area contributed by atoms with E-state index in [2.05, 4.69) is 37.5 Å². The molecule has 0 aromatic heterocycles. The predicted octanol–water partition coefficient (Wildman–Crippen LogP) is 2.47. The highest BCUT2D eigenvalue weighted by Gasteiger charge is 2.17. The summed E-state index contributed by atoms with van der Waals surface area (Å²) in [6.45, 7) is 18.1. The lowest BCUT2D eigenvalue weighted by atomic mass is 9.90. The fraction of sp³-hybridized carbons (Fsp3) is 1.00. The van der Waals surface area contributed by atoms with Crippen LogP contribution in [0.15, 0.2) is 0 Å². The zero-order chi connectivity index (χ0) is 13.4. The largest absolute Gasteiger partial charge is 0.380 e. The molecular formula is C15H32N2O. The van der Waals surface area contributed by atoms with Crippen LogP contribution >= 0.6 is 0 Å². The summed E-state index contributed by atoms with van der Waals surface area (Å²) in [5.74, 6) is 0. The van der Waals surface area contributed by atoms with Gasteiger partial charge in [-0.25, -0.2) is 0 Å². The standard InChI is InChI=1S/C15H32N2O/c1-5-18-14-13-17-11-9-16(10-12-17)8-6-7-15(2,3)4/h5-14H2,1-4H3. The van der Waals surface area contributed by atoms with Crippen molar-refractivity contribution >= 4 is 0 Å². The minimum atomic E-state index is 0.485. The third-order valence-corrected chi connectivity index (χ3v) is 3.62. The Morgan fingerprint density at radius 3 is 2.00 bits per heavy atom. The van der Waals surface area contributed by atoms with Crippen LogP contribution in [-0.4, -0.2) is 62.3 Å². The summed E-state index contributed by atoms with van der Waals surface area (Å²) in [6, 6.07) is 0. The Morgan fingerprint density at radius 2 is 1.50 bits per heavy atom. The molecule has 0 spiro atoms. The summed E-state index contributed by atoms with van der Waals surface area (Å²) in [4.78, 5) is 5.14. The van der Waals surface area contributed by atoms with Gasteiger partial charge in [-0.05, 0) is 31.7 Å². The van der Waals surface area contributed by atoms with Crippen LogP contribution in [0.25, 0.3) is 0 Å². The summed E-state index contributed by atoms with van der Waals surface area (Å²) in [5.41, 5.74) is 0.485. The van der Waals surface area contributed by atoms with Crippen LogP contribution in [0.4, 0.5) is 0 Å². The lowest BCUT2D eigenvalue weighted by Gasteiger charge is -2.35. The zero-order valence-electron chi connectivity index (χ0n) is 12.9. The summed E-state index contributed by atoms with van der Waals surface area (Å²) in [6.07, 6.45) is 2.67. The van der Waals surface area contributed by atoms with Gasteiger partial charge < -0.3 is 9.64 Å². The van der Waals surface area contributed by atoms with E-state index in [4.69, 9.17) is 4.74 Å². The molecule has 0 saturated carbocycles. The van der Waals surface area contributed by atoms with Gasteiger partial charge in [0, 0.05) is 39.3 Å². The van der Waals surface area contributed by atoms with Gasteiger partial charge in [0.05, 0.1) is 6.61 Å². The smallest absolute Gasteiger partial charge is 0.0593 e. The molecule has 0 atom stereocenters. The maximum atomic E-state index is 5.41. The summed E-state index contributed by atoms with van der Waals surface area (Å²) in [5, 5.41) is 0. The molecule has 1 saturated heterocycles. The molecule has 3 nitrogen and oxygen atoms in total. The van der Waals surface area contributed by atoms with E-state index in [9.17, 15) is 0 Å². The fourth-order valence-corrected chi connectivity index (χ4v) is 2.41. The lowest BCUT2D eigenvalue weighted by molar-refractivity contribution is 0.0794. The second-order valence-corrected chi connectivity index (χ2v) is 6.54. The average Bonchev–Trinajstić information content (AvgIpc) is 2.30. The Morgan fingerprint density at radius 1 is 0.944 bits per heavy atom. The summed E-state index contributed by atoms with van der Waals surface area (Å²) < 4.78 is 5.41. The maximum Gasteiger partial charge on any atom is 0.0593 e. The van der Waals surface area contributed by atoms with Gasteiger partial charge in [0.2, 0.25) is 0 Å². The quantitative estimate of drug-likeness (QED) is 0.651. The SMILES string of the molecule is CCOCCN1CCN(CCCC(C)(C)C)CC1. The van der Waals surface area contributed by atoms with E-state index >= 15 is 0 Å². The molecule has 3 heteroatoms. The van der Waals surface area contributed by atoms with Crippen molar-refractivity contribution in [2.75, 3.05) is 52.5 Å². The van der Waals surface area contributed by atoms with Crippen molar-refractivity contribution in [1.82, 2.24) is 9.80 Å². The second kappa shape index (κ2) is 8.13. The Hall–Kier alpha value is -0.120. The van der Waals surface area contributed by atoms with E-state index in [-0.39, 0.29) is 0 Å². The molecular weight excluding hydrogens is 224 g/mol. The fourth-order valence-electron chi connectivity index (χ4n) is 2.41. The molecule has 0 aliphatic carbocycles. The van der Waals surface area contributed by atoms with Crippen LogP contribution in [0, 0.1) is 5.41 Å². The molecule has 0 aromatic carbocycles. The van der Waals surface area contributed by atoms with Crippen molar-refractivity contribution in [2.45, 2.75) is 40.5 Å². The number of rotatable bonds is 7. The number of nitrogens with zero attached hydrogens (tertiary/aromatic N) is 2. The number of hydrogen-bond donors (Lipinski definition) is 0. The van der Waals surface area contributed by atoms with Crippen molar-refractivity contribution in [3.05, 3.63) is 0 Å². The van der Waals surface area contributed by atoms with Crippen LogP contribution in [0.1, 0.15) is 40.5 Å². The van der Waals surface area contributed by atoms with E-state index in [1.54, 1.807) is 0 Å². The van der Waals surface area contributed by atoms with Crippen LogP contribution in [0.2, 0.25) is 0 Å². The topological polar surface area (TPSA) is 15.7 Å². The highest BCUT2D eigenvalue weighted by Crippen LogP contribution is 2.20. The van der Waals surface area contributed by atoms with Crippen molar-refractivity contribution in [2.24, 2.45) is 5.41 Å². The molecule has 108 valence electrons. The molecule has 1 rings (SSSR count). The third kappa shape index (κ3) is 7.34. The molecule has 1 heterocycles. The van der Waals surface area contributed by atoms with Crippen LogP contribution in [0.3, 0.4) is 0 Å². The minimum absolute atomic E-state index is 0.485. The van der Waals surface area contributed by atoms with E-state index < -0.39 is 0 Å². The third-order valence-electron chi connectivity index (χ3n) is 3.62. The van der Waals surface area contributed by atoms with Gasteiger partial charge in [-0.2, -0.15) is 0 Å². The van der Waals surface area contributed by atoms with Crippen molar-refractivity contribution in [3.63, 3.8) is 0 Å². The van der Waals surface area contributed by atoms with Crippen LogP contribution < -0.4 is 0 Å². The van der Waals surface area contributed by atoms with Crippen molar-refractivity contribution in [3.8, 4) is 0 Å². The molecule has 0 radical (unpaired) electrons. The minimum Gasteiger partial charge on any atom is -0.380 e. The van der Waals surface area contributed by atoms with Gasteiger partial charge in [-0.1, -0.05) is 20.8 Å². The number of ether oxygens (including phenoxy) is 1. The number of hydrogen-bond acceptors (Lipinski definition) is 3. The number of piperazine rings is 1. The maximum absolute atomic E-state index is 5.41. The molecule has 0 bridgehead atoms. The predicted molar refractivity (Wildman–Crippen MR) is 78.1 cm³/mol. The van der Waals surface area contributed by atoms with Gasteiger partial charge in [0.1, 0.15) is 0 Å². The highest BCUT2D eigenvalue weighted by atomic mass is 16.5.